The van der Waals surface area contributed by atoms with Gasteiger partial charge < -0.3 is 10.1 Å². The predicted molar refractivity (Wildman–Crippen MR) is 129 cm³/mol. The number of hydrogen-bond acceptors (Lipinski definition) is 5. The normalized spacial score (nSPS) is 15.3. The van der Waals surface area contributed by atoms with Crippen LogP contribution in [0.1, 0.15) is 42.9 Å². The number of benzene rings is 3. The number of nitro groups is 1. The quantitative estimate of drug-likeness (QED) is 0.241. The fourth-order valence-corrected chi connectivity index (χ4v) is 4.60. The van der Waals surface area contributed by atoms with E-state index in [-0.39, 0.29) is 16.4 Å². The molecule has 3 aromatic carbocycles. The van der Waals surface area contributed by atoms with Gasteiger partial charge in [0.1, 0.15) is 10.8 Å². The van der Waals surface area contributed by atoms with Gasteiger partial charge in [0, 0.05) is 17.3 Å². The second-order valence-corrected chi connectivity index (χ2v) is 8.81. The Morgan fingerprint density at radius 2 is 1.69 bits per heavy atom. The zero-order valence-corrected chi connectivity index (χ0v) is 19.3. The summed E-state index contributed by atoms with van der Waals surface area (Å²) in [5.41, 5.74) is -0.132. The van der Waals surface area contributed by atoms with E-state index in [0.29, 0.717) is 24.0 Å². The average Bonchev–Trinajstić information content (AvgIpc) is 3.35. The molecule has 9 heteroatoms. The van der Waals surface area contributed by atoms with Crippen LogP contribution in [-0.4, -0.2) is 16.8 Å². The van der Waals surface area contributed by atoms with Crippen molar-refractivity contribution < 1.29 is 23.6 Å². The number of amides is 1. The van der Waals surface area contributed by atoms with Gasteiger partial charge >= 0.3 is 5.97 Å². The van der Waals surface area contributed by atoms with Gasteiger partial charge in [0.05, 0.1) is 10.3 Å². The third kappa shape index (κ3) is 5.17. The van der Waals surface area contributed by atoms with E-state index in [0.717, 1.165) is 18.9 Å². The summed E-state index contributed by atoms with van der Waals surface area (Å²) < 4.78 is 19.4. The predicted octanol–water partition coefficient (Wildman–Crippen LogP) is 6.12. The van der Waals surface area contributed by atoms with E-state index in [1.54, 1.807) is 42.5 Å². The molecule has 0 unspecified atom stereocenters. The molecule has 0 radical (unpaired) electrons. The minimum Gasteiger partial charge on any atom is -0.447 e. The third-order valence-electron chi connectivity index (χ3n) is 6.22. The molecule has 0 heterocycles. The van der Waals surface area contributed by atoms with Crippen LogP contribution in [0.4, 0.5) is 15.8 Å². The second-order valence-electron chi connectivity index (χ2n) is 8.40. The van der Waals surface area contributed by atoms with Crippen molar-refractivity contribution in [2.75, 3.05) is 5.32 Å². The molecule has 180 valence electrons. The van der Waals surface area contributed by atoms with Gasteiger partial charge in [-0.3, -0.25) is 19.7 Å². The smallest absolute Gasteiger partial charge is 0.317 e. The molecule has 1 fully saturated rings. The zero-order chi connectivity index (χ0) is 25.0. The minimum absolute atomic E-state index is 0.0680. The molecule has 0 aromatic heterocycles. The minimum atomic E-state index is -1.31. The highest BCUT2D eigenvalue weighted by molar-refractivity contribution is 6.32. The summed E-state index contributed by atoms with van der Waals surface area (Å²) in [4.78, 5) is 37.4. The number of nitrogens with zero attached hydrogens (tertiary/aromatic N) is 1. The van der Waals surface area contributed by atoms with Crippen LogP contribution in [0.15, 0.2) is 72.8 Å². The summed E-state index contributed by atoms with van der Waals surface area (Å²) in [5, 5.41) is 13.7. The van der Waals surface area contributed by atoms with Crippen molar-refractivity contribution in [3.05, 3.63) is 105 Å². The second kappa shape index (κ2) is 10.2. The maximum absolute atomic E-state index is 13.6. The monoisotopic (exact) mass is 496 g/mol. The molecule has 0 saturated heterocycles. The fourth-order valence-electron chi connectivity index (χ4n) is 4.42. The van der Waals surface area contributed by atoms with Crippen LogP contribution in [0.25, 0.3) is 0 Å². The fraction of sp³-hybridized carbons (Fsp3) is 0.231. The number of nitrogens with one attached hydrogen (secondary N) is 1. The van der Waals surface area contributed by atoms with Gasteiger partial charge in [-0.25, -0.2) is 4.39 Å². The van der Waals surface area contributed by atoms with Crippen LogP contribution in [0.3, 0.4) is 0 Å². The lowest BCUT2D eigenvalue weighted by Gasteiger charge is -2.29. The average molecular weight is 497 g/mol. The summed E-state index contributed by atoms with van der Waals surface area (Å²) in [7, 11) is 0. The van der Waals surface area contributed by atoms with Crippen molar-refractivity contribution in [2.24, 2.45) is 0 Å². The first kappa shape index (κ1) is 24.3. The summed E-state index contributed by atoms with van der Waals surface area (Å²) in [5.74, 6) is -1.66. The van der Waals surface area contributed by atoms with Crippen molar-refractivity contribution in [1.29, 1.82) is 0 Å². The highest BCUT2D eigenvalue weighted by atomic mass is 35.5. The lowest BCUT2D eigenvalue weighted by Crippen LogP contribution is -2.38. The SMILES string of the molecule is O=C(Nc1ccc(Cl)c([N+](=O)[O-])c1)[C@@H](OC(=O)C1(c2ccc(F)cc2)CCCC1)c1ccccc1. The third-order valence-corrected chi connectivity index (χ3v) is 6.54. The number of carbonyl (C=O) groups is 2. The summed E-state index contributed by atoms with van der Waals surface area (Å²) in [6.45, 7) is 0. The number of esters is 1. The van der Waals surface area contributed by atoms with Crippen molar-refractivity contribution in [1.82, 2.24) is 0 Å². The van der Waals surface area contributed by atoms with Gasteiger partial charge in [0.15, 0.2) is 0 Å². The molecular weight excluding hydrogens is 475 g/mol. The Balaban J connectivity index is 1.64. The number of carbonyl (C=O) groups excluding carboxylic acids is 2. The van der Waals surface area contributed by atoms with Crippen LogP contribution in [0, 0.1) is 15.9 Å². The number of halogens is 2. The molecule has 7 nitrogen and oxygen atoms in total. The lowest BCUT2D eigenvalue weighted by molar-refractivity contribution is -0.384. The number of nitro benzene ring substituents is 1. The standard InChI is InChI=1S/C26H22ClFN2O5/c27-21-13-12-20(16-22(21)30(33)34)29-24(31)23(17-6-2-1-3-7-17)35-25(32)26(14-4-5-15-26)18-8-10-19(28)11-9-18/h1-3,6-13,16,23H,4-5,14-15H2,(H,29,31)/t23-/m0/s1. The highest BCUT2D eigenvalue weighted by Crippen LogP contribution is 2.43. The number of ether oxygens (including phenoxy) is 1. The maximum atomic E-state index is 13.6. The Hall–Kier alpha value is -3.78. The molecule has 0 aliphatic heterocycles. The van der Waals surface area contributed by atoms with Crippen LogP contribution < -0.4 is 5.32 Å². The van der Waals surface area contributed by atoms with Crippen LogP contribution >= 0.6 is 11.6 Å². The van der Waals surface area contributed by atoms with Gasteiger partial charge in [0.2, 0.25) is 6.10 Å². The largest absolute Gasteiger partial charge is 0.447 e. The first-order valence-electron chi connectivity index (χ1n) is 11.1. The first-order chi connectivity index (χ1) is 16.8. The van der Waals surface area contributed by atoms with E-state index in [2.05, 4.69) is 5.32 Å². The molecule has 1 amide bonds. The van der Waals surface area contributed by atoms with Gasteiger partial charge in [-0.2, -0.15) is 0 Å². The van der Waals surface area contributed by atoms with Gasteiger partial charge in [-0.05, 0) is 42.7 Å². The molecule has 1 atom stereocenters. The van der Waals surface area contributed by atoms with E-state index in [4.69, 9.17) is 16.3 Å². The van der Waals surface area contributed by atoms with Gasteiger partial charge in [-0.15, -0.1) is 0 Å². The molecule has 35 heavy (non-hydrogen) atoms. The Labute approximate surface area is 206 Å². The molecule has 4 rings (SSSR count). The van der Waals surface area contributed by atoms with E-state index in [9.17, 15) is 24.1 Å². The molecular formula is C26H22ClFN2O5. The molecule has 0 spiro atoms. The Bertz CT molecular complexity index is 1240. The van der Waals surface area contributed by atoms with E-state index in [1.165, 1.54) is 24.3 Å². The maximum Gasteiger partial charge on any atom is 0.317 e. The van der Waals surface area contributed by atoms with Crippen LogP contribution in [0.2, 0.25) is 5.02 Å². The van der Waals surface area contributed by atoms with Gasteiger partial charge in [0.25, 0.3) is 11.6 Å². The van der Waals surface area contributed by atoms with E-state index >= 15 is 0 Å². The Kier molecular flexibility index (Phi) is 7.12. The Morgan fingerprint density at radius 3 is 2.31 bits per heavy atom. The molecule has 1 N–H and O–H groups in total. The lowest BCUT2D eigenvalue weighted by atomic mass is 9.79. The van der Waals surface area contributed by atoms with E-state index < -0.39 is 34.1 Å². The summed E-state index contributed by atoms with van der Waals surface area (Å²) in [6.07, 6.45) is 1.32. The van der Waals surface area contributed by atoms with Crippen molar-refractivity contribution in [3.63, 3.8) is 0 Å². The number of rotatable bonds is 7. The first-order valence-corrected chi connectivity index (χ1v) is 11.4. The zero-order valence-electron chi connectivity index (χ0n) is 18.6. The molecule has 1 aliphatic rings. The number of anilines is 1. The van der Waals surface area contributed by atoms with E-state index in [1.807, 2.05) is 0 Å². The Morgan fingerprint density at radius 1 is 1.03 bits per heavy atom. The topological polar surface area (TPSA) is 98.5 Å². The number of hydrogen-bond donors (Lipinski definition) is 1. The van der Waals surface area contributed by atoms with Crippen molar-refractivity contribution in [3.8, 4) is 0 Å². The molecule has 1 aliphatic carbocycles. The summed E-state index contributed by atoms with van der Waals surface area (Å²) >= 11 is 5.86. The van der Waals surface area contributed by atoms with Crippen LogP contribution in [-0.2, 0) is 19.7 Å². The molecule has 0 bridgehead atoms. The molecule has 1 saturated carbocycles. The highest BCUT2D eigenvalue weighted by Gasteiger charge is 2.46. The van der Waals surface area contributed by atoms with Gasteiger partial charge in [-0.1, -0.05) is 66.9 Å². The van der Waals surface area contributed by atoms with Crippen molar-refractivity contribution in [2.45, 2.75) is 37.2 Å². The molecule has 3 aromatic rings. The van der Waals surface area contributed by atoms with Crippen molar-refractivity contribution >= 4 is 34.9 Å². The van der Waals surface area contributed by atoms with Crippen LogP contribution in [0.5, 0.6) is 0 Å². The summed E-state index contributed by atoms with van der Waals surface area (Å²) in [6, 6.07) is 18.1.